The topological polar surface area (TPSA) is 75.9 Å². The third-order valence-electron chi connectivity index (χ3n) is 6.12. The summed E-state index contributed by atoms with van der Waals surface area (Å²) in [5.41, 5.74) is 7.58. The number of benzene rings is 2. The molecule has 1 saturated heterocycles. The maximum atomic E-state index is 13.4. The molecule has 3 rings (SSSR count). The molecule has 1 aliphatic rings. The molecule has 1 atom stereocenters. The standard InChI is InChI=1S/C26H34FN3O3/c1-26(2,3)23(28)24(31)29-15-13-22(14-16-29)30(17-19-9-11-21(27)12-10-19)25(32)33-18-20-7-5-4-6-8-20/h4-12,22-23H,13-18,28H2,1-3H3/t23-/m1/s1. The molecule has 1 heterocycles. The van der Waals surface area contributed by atoms with Gasteiger partial charge in [0, 0.05) is 25.7 Å². The number of rotatable bonds is 6. The summed E-state index contributed by atoms with van der Waals surface area (Å²) in [6.07, 6.45) is 0.841. The van der Waals surface area contributed by atoms with Crippen LogP contribution in [0.4, 0.5) is 9.18 Å². The van der Waals surface area contributed by atoms with E-state index in [0.29, 0.717) is 32.5 Å². The summed E-state index contributed by atoms with van der Waals surface area (Å²) in [7, 11) is 0. The Balaban J connectivity index is 1.68. The molecule has 1 aliphatic heterocycles. The van der Waals surface area contributed by atoms with Crippen molar-refractivity contribution in [2.75, 3.05) is 13.1 Å². The minimum absolute atomic E-state index is 0.0577. The van der Waals surface area contributed by atoms with Gasteiger partial charge in [-0.1, -0.05) is 63.2 Å². The van der Waals surface area contributed by atoms with Crippen LogP contribution in [0.2, 0.25) is 0 Å². The number of carbonyl (C=O) groups is 2. The molecule has 7 heteroatoms. The molecule has 0 aromatic heterocycles. The van der Waals surface area contributed by atoms with E-state index >= 15 is 0 Å². The summed E-state index contributed by atoms with van der Waals surface area (Å²) in [5, 5.41) is 0. The Hall–Kier alpha value is -2.93. The number of hydrogen-bond acceptors (Lipinski definition) is 4. The van der Waals surface area contributed by atoms with Crippen LogP contribution in [-0.2, 0) is 22.7 Å². The highest BCUT2D eigenvalue weighted by atomic mass is 19.1. The van der Waals surface area contributed by atoms with Crippen molar-refractivity contribution in [1.82, 2.24) is 9.80 Å². The predicted octanol–water partition coefficient (Wildman–Crippen LogP) is 4.33. The van der Waals surface area contributed by atoms with Crippen LogP contribution in [-0.4, -0.2) is 47.0 Å². The van der Waals surface area contributed by atoms with Gasteiger partial charge in [-0.3, -0.25) is 4.79 Å². The van der Waals surface area contributed by atoms with Crippen molar-refractivity contribution in [3.8, 4) is 0 Å². The molecule has 0 saturated carbocycles. The van der Waals surface area contributed by atoms with E-state index in [1.165, 1.54) is 12.1 Å². The summed E-state index contributed by atoms with van der Waals surface area (Å²) in [6.45, 7) is 7.41. The molecular formula is C26H34FN3O3. The first-order valence-corrected chi connectivity index (χ1v) is 11.4. The second-order valence-electron chi connectivity index (χ2n) is 9.69. The van der Waals surface area contributed by atoms with Gasteiger partial charge in [0.25, 0.3) is 0 Å². The fraction of sp³-hybridized carbons (Fsp3) is 0.462. The molecule has 33 heavy (non-hydrogen) atoms. The molecule has 0 aliphatic carbocycles. The minimum atomic E-state index is -0.569. The number of ether oxygens (including phenoxy) is 1. The van der Waals surface area contributed by atoms with Crippen LogP contribution in [0.5, 0.6) is 0 Å². The van der Waals surface area contributed by atoms with E-state index in [2.05, 4.69) is 0 Å². The van der Waals surface area contributed by atoms with E-state index in [-0.39, 0.29) is 29.8 Å². The number of halogens is 1. The molecule has 2 aromatic carbocycles. The van der Waals surface area contributed by atoms with Crippen LogP contribution in [0.3, 0.4) is 0 Å². The molecule has 0 spiro atoms. The molecule has 6 nitrogen and oxygen atoms in total. The lowest BCUT2D eigenvalue weighted by Crippen LogP contribution is -2.54. The molecule has 2 aromatic rings. The molecule has 0 radical (unpaired) electrons. The zero-order valence-corrected chi connectivity index (χ0v) is 19.7. The van der Waals surface area contributed by atoms with Crippen molar-refractivity contribution in [2.24, 2.45) is 11.1 Å². The zero-order chi connectivity index (χ0) is 24.0. The predicted molar refractivity (Wildman–Crippen MR) is 126 cm³/mol. The Morgan fingerprint density at radius 3 is 2.24 bits per heavy atom. The van der Waals surface area contributed by atoms with Crippen LogP contribution < -0.4 is 5.73 Å². The lowest BCUT2D eigenvalue weighted by molar-refractivity contribution is -0.136. The van der Waals surface area contributed by atoms with Crippen molar-refractivity contribution < 1.29 is 18.7 Å². The largest absolute Gasteiger partial charge is 0.445 e. The van der Waals surface area contributed by atoms with Gasteiger partial charge >= 0.3 is 6.09 Å². The Morgan fingerprint density at radius 1 is 1.06 bits per heavy atom. The van der Waals surface area contributed by atoms with E-state index in [1.54, 1.807) is 21.9 Å². The minimum Gasteiger partial charge on any atom is -0.445 e. The van der Waals surface area contributed by atoms with E-state index < -0.39 is 12.1 Å². The van der Waals surface area contributed by atoms with Crippen LogP contribution in [0.15, 0.2) is 54.6 Å². The summed E-state index contributed by atoms with van der Waals surface area (Å²) >= 11 is 0. The number of carbonyl (C=O) groups excluding carboxylic acids is 2. The summed E-state index contributed by atoms with van der Waals surface area (Å²) < 4.78 is 19.0. The Kier molecular flexibility index (Phi) is 8.08. The van der Waals surface area contributed by atoms with E-state index in [4.69, 9.17) is 10.5 Å². The van der Waals surface area contributed by atoms with Crippen molar-refractivity contribution in [3.63, 3.8) is 0 Å². The smallest absolute Gasteiger partial charge is 0.410 e. The Morgan fingerprint density at radius 2 is 1.67 bits per heavy atom. The summed E-state index contributed by atoms with van der Waals surface area (Å²) in [5.74, 6) is -0.378. The highest BCUT2D eigenvalue weighted by molar-refractivity contribution is 5.82. The van der Waals surface area contributed by atoms with Crippen LogP contribution in [0.1, 0.15) is 44.7 Å². The van der Waals surface area contributed by atoms with Gasteiger partial charge in [0.2, 0.25) is 5.91 Å². The van der Waals surface area contributed by atoms with Gasteiger partial charge < -0.3 is 20.3 Å². The molecule has 2 amide bonds. The molecule has 0 bridgehead atoms. The maximum Gasteiger partial charge on any atom is 0.410 e. The van der Waals surface area contributed by atoms with Gasteiger partial charge in [-0.2, -0.15) is 0 Å². The van der Waals surface area contributed by atoms with Gasteiger partial charge in [0.15, 0.2) is 0 Å². The molecule has 2 N–H and O–H groups in total. The number of amides is 2. The van der Waals surface area contributed by atoms with Crippen molar-refractivity contribution in [2.45, 2.75) is 58.8 Å². The summed E-state index contributed by atoms with van der Waals surface area (Å²) in [4.78, 5) is 29.4. The van der Waals surface area contributed by atoms with Gasteiger partial charge in [-0.25, -0.2) is 9.18 Å². The fourth-order valence-electron chi connectivity index (χ4n) is 3.90. The number of likely N-dealkylation sites (tertiary alicyclic amines) is 1. The quantitative estimate of drug-likeness (QED) is 0.704. The average Bonchev–Trinajstić information content (AvgIpc) is 2.81. The van der Waals surface area contributed by atoms with E-state index in [9.17, 15) is 14.0 Å². The van der Waals surface area contributed by atoms with E-state index in [1.807, 2.05) is 51.1 Å². The van der Waals surface area contributed by atoms with Crippen molar-refractivity contribution in [1.29, 1.82) is 0 Å². The Labute approximate surface area is 195 Å². The lowest BCUT2D eigenvalue weighted by atomic mass is 9.86. The van der Waals surface area contributed by atoms with Crippen LogP contribution in [0.25, 0.3) is 0 Å². The van der Waals surface area contributed by atoms with Crippen molar-refractivity contribution >= 4 is 12.0 Å². The first kappa shape index (κ1) is 24.7. The van der Waals surface area contributed by atoms with Crippen LogP contribution in [0, 0.1) is 11.2 Å². The normalized spacial score (nSPS) is 15.7. The van der Waals surface area contributed by atoms with Gasteiger partial charge in [0.1, 0.15) is 12.4 Å². The first-order chi connectivity index (χ1) is 15.6. The van der Waals surface area contributed by atoms with Gasteiger partial charge in [-0.15, -0.1) is 0 Å². The van der Waals surface area contributed by atoms with Crippen LogP contribution >= 0.6 is 0 Å². The highest BCUT2D eigenvalue weighted by Gasteiger charge is 2.35. The monoisotopic (exact) mass is 455 g/mol. The number of nitrogens with two attached hydrogens (primary N) is 1. The highest BCUT2D eigenvalue weighted by Crippen LogP contribution is 2.24. The molecule has 178 valence electrons. The zero-order valence-electron chi connectivity index (χ0n) is 19.7. The Bertz CT molecular complexity index is 920. The summed E-state index contributed by atoms with van der Waals surface area (Å²) in [6, 6.07) is 15.0. The third-order valence-corrected chi connectivity index (χ3v) is 6.12. The average molecular weight is 456 g/mol. The molecule has 1 fully saturated rings. The van der Waals surface area contributed by atoms with Gasteiger partial charge in [-0.05, 0) is 41.5 Å². The number of piperidine rings is 1. The number of nitrogens with zero attached hydrogens (tertiary/aromatic N) is 2. The first-order valence-electron chi connectivity index (χ1n) is 11.4. The second kappa shape index (κ2) is 10.8. The third kappa shape index (κ3) is 6.78. The maximum absolute atomic E-state index is 13.4. The molecule has 0 unspecified atom stereocenters. The lowest BCUT2D eigenvalue weighted by Gasteiger charge is -2.40. The fourth-order valence-corrected chi connectivity index (χ4v) is 3.90. The number of hydrogen-bond donors (Lipinski definition) is 1. The SMILES string of the molecule is CC(C)(C)[C@H](N)C(=O)N1CCC(N(Cc2ccc(F)cc2)C(=O)OCc2ccccc2)CC1. The molecular weight excluding hydrogens is 421 g/mol. The second-order valence-corrected chi connectivity index (χ2v) is 9.69. The van der Waals surface area contributed by atoms with E-state index in [0.717, 1.165) is 11.1 Å². The van der Waals surface area contributed by atoms with Crippen molar-refractivity contribution in [3.05, 3.63) is 71.5 Å². The van der Waals surface area contributed by atoms with Gasteiger partial charge in [0.05, 0.1) is 6.04 Å².